The highest BCUT2D eigenvalue weighted by Gasteiger charge is 2.03. The molecule has 0 aliphatic rings. The zero-order valence-corrected chi connectivity index (χ0v) is 10.5. The van der Waals surface area contributed by atoms with Gasteiger partial charge in [0.2, 0.25) is 0 Å². The summed E-state index contributed by atoms with van der Waals surface area (Å²) in [6.45, 7) is 6.08. The lowest BCUT2D eigenvalue weighted by Gasteiger charge is -2.00. The van der Waals surface area contributed by atoms with Crippen LogP contribution in [0, 0.1) is 6.92 Å². The van der Waals surface area contributed by atoms with Gasteiger partial charge in [-0.15, -0.1) is 0 Å². The fraction of sp³-hybridized carbons (Fsp3) is 0.333. The third-order valence-corrected chi connectivity index (χ3v) is 2.72. The fourth-order valence-corrected chi connectivity index (χ4v) is 1.73. The molecule has 0 aliphatic carbocycles. The Morgan fingerprint density at radius 3 is 2.53 bits per heavy atom. The summed E-state index contributed by atoms with van der Waals surface area (Å²) in [5.74, 6) is 1.94. The summed E-state index contributed by atoms with van der Waals surface area (Å²) in [6, 6.07) is 12.5. The Hall–Kier alpha value is -1.54. The Kier molecular flexibility index (Phi) is 3.99. The quantitative estimate of drug-likeness (QED) is 0.790. The van der Waals surface area contributed by atoms with Gasteiger partial charge >= 0.3 is 0 Å². The number of rotatable bonds is 5. The lowest BCUT2D eigenvalue weighted by atomic mass is 10.1. The van der Waals surface area contributed by atoms with Crippen LogP contribution >= 0.6 is 0 Å². The van der Waals surface area contributed by atoms with Crippen LogP contribution < -0.4 is 5.32 Å². The molecule has 1 heterocycles. The summed E-state index contributed by atoms with van der Waals surface area (Å²) in [7, 11) is 0. The molecule has 0 atom stereocenters. The monoisotopic (exact) mass is 229 g/mol. The second-order valence-corrected chi connectivity index (χ2v) is 4.31. The van der Waals surface area contributed by atoms with Gasteiger partial charge < -0.3 is 9.73 Å². The molecule has 2 aromatic rings. The Bertz CT molecular complexity index is 456. The van der Waals surface area contributed by atoms with Gasteiger partial charge in [0.15, 0.2) is 0 Å². The molecule has 0 amide bonds. The van der Waals surface area contributed by atoms with Crippen LogP contribution in [-0.4, -0.2) is 6.54 Å². The molecule has 2 nitrogen and oxygen atoms in total. The Morgan fingerprint density at radius 2 is 1.82 bits per heavy atom. The van der Waals surface area contributed by atoms with Crippen molar-refractivity contribution >= 4 is 0 Å². The van der Waals surface area contributed by atoms with Crippen LogP contribution in [0.1, 0.15) is 24.7 Å². The summed E-state index contributed by atoms with van der Waals surface area (Å²) in [5, 5.41) is 3.33. The van der Waals surface area contributed by atoms with E-state index in [1.807, 2.05) is 12.1 Å². The van der Waals surface area contributed by atoms with E-state index in [9.17, 15) is 0 Å². The molecule has 2 rings (SSSR count). The SMILES string of the molecule is CCCNCc1ccc(-c2ccc(C)cc2)o1. The summed E-state index contributed by atoms with van der Waals surface area (Å²) >= 11 is 0. The molecule has 0 unspecified atom stereocenters. The lowest BCUT2D eigenvalue weighted by Crippen LogP contribution is -2.12. The molecule has 1 aromatic carbocycles. The topological polar surface area (TPSA) is 25.2 Å². The first-order valence-electron chi connectivity index (χ1n) is 6.16. The molecule has 0 fully saturated rings. The summed E-state index contributed by atoms with van der Waals surface area (Å²) in [5.41, 5.74) is 2.41. The molecule has 1 aromatic heterocycles. The number of furan rings is 1. The zero-order chi connectivity index (χ0) is 12.1. The van der Waals surface area contributed by atoms with E-state index in [2.05, 4.69) is 43.4 Å². The zero-order valence-electron chi connectivity index (χ0n) is 10.5. The van der Waals surface area contributed by atoms with Gasteiger partial charge in [-0.05, 0) is 32.0 Å². The van der Waals surface area contributed by atoms with Crippen molar-refractivity contribution in [3.63, 3.8) is 0 Å². The first-order valence-corrected chi connectivity index (χ1v) is 6.16. The number of benzene rings is 1. The molecule has 0 bridgehead atoms. The third-order valence-electron chi connectivity index (χ3n) is 2.72. The predicted octanol–water partition coefficient (Wildman–Crippen LogP) is 3.75. The van der Waals surface area contributed by atoms with Crippen LogP contribution in [0.2, 0.25) is 0 Å². The highest BCUT2D eigenvalue weighted by atomic mass is 16.3. The molecular formula is C15H19NO. The van der Waals surface area contributed by atoms with Crippen molar-refractivity contribution in [2.45, 2.75) is 26.8 Å². The van der Waals surface area contributed by atoms with Crippen LogP contribution in [0.15, 0.2) is 40.8 Å². The van der Waals surface area contributed by atoms with Gasteiger partial charge in [0.05, 0.1) is 6.54 Å². The fourth-order valence-electron chi connectivity index (χ4n) is 1.73. The van der Waals surface area contributed by atoms with Gasteiger partial charge in [-0.2, -0.15) is 0 Å². The maximum Gasteiger partial charge on any atom is 0.134 e. The Balaban J connectivity index is 2.04. The molecule has 17 heavy (non-hydrogen) atoms. The Morgan fingerprint density at radius 1 is 1.06 bits per heavy atom. The van der Waals surface area contributed by atoms with Crippen molar-refractivity contribution in [2.75, 3.05) is 6.54 Å². The van der Waals surface area contributed by atoms with E-state index in [-0.39, 0.29) is 0 Å². The molecule has 0 saturated carbocycles. The number of nitrogens with one attached hydrogen (secondary N) is 1. The smallest absolute Gasteiger partial charge is 0.134 e. The predicted molar refractivity (Wildman–Crippen MR) is 70.9 cm³/mol. The average molecular weight is 229 g/mol. The van der Waals surface area contributed by atoms with E-state index in [0.717, 1.165) is 36.6 Å². The summed E-state index contributed by atoms with van der Waals surface area (Å²) in [6.07, 6.45) is 1.14. The highest BCUT2D eigenvalue weighted by molar-refractivity contribution is 5.57. The number of hydrogen-bond acceptors (Lipinski definition) is 2. The van der Waals surface area contributed by atoms with Crippen molar-refractivity contribution in [2.24, 2.45) is 0 Å². The van der Waals surface area contributed by atoms with Crippen LogP contribution in [-0.2, 0) is 6.54 Å². The third kappa shape index (κ3) is 3.21. The van der Waals surface area contributed by atoms with E-state index in [1.54, 1.807) is 0 Å². The molecule has 0 aliphatic heterocycles. The Labute approximate surface area is 103 Å². The minimum Gasteiger partial charge on any atom is -0.460 e. The van der Waals surface area contributed by atoms with Crippen molar-refractivity contribution in [3.05, 3.63) is 47.7 Å². The van der Waals surface area contributed by atoms with E-state index < -0.39 is 0 Å². The van der Waals surface area contributed by atoms with Crippen molar-refractivity contribution < 1.29 is 4.42 Å². The van der Waals surface area contributed by atoms with Gasteiger partial charge in [-0.1, -0.05) is 36.8 Å². The maximum atomic E-state index is 5.79. The minimum absolute atomic E-state index is 0.805. The molecule has 1 N–H and O–H groups in total. The molecule has 90 valence electrons. The molecule has 2 heteroatoms. The molecule has 0 spiro atoms. The normalized spacial score (nSPS) is 10.7. The van der Waals surface area contributed by atoms with E-state index in [0.29, 0.717) is 0 Å². The average Bonchev–Trinajstić information content (AvgIpc) is 2.79. The first kappa shape index (κ1) is 11.9. The lowest BCUT2D eigenvalue weighted by molar-refractivity contribution is 0.493. The van der Waals surface area contributed by atoms with Crippen LogP contribution in [0.3, 0.4) is 0 Å². The van der Waals surface area contributed by atoms with Gasteiger partial charge in [0, 0.05) is 5.56 Å². The maximum absolute atomic E-state index is 5.79. The van der Waals surface area contributed by atoms with Gasteiger partial charge in [-0.25, -0.2) is 0 Å². The van der Waals surface area contributed by atoms with Gasteiger partial charge in [-0.3, -0.25) is 0 Å². The van der Waals surface area contributed by atoms with Crippen molar-refractivity contribution in [3.8, 4) is 11.3 Å². The van der Waals surface area contributed by atoms with Crippen molar-refractivity contribution in [1.82, 2.24) is 5.32 Å². The second kappa shape index (κ2) is 5.69. The number of aryl methyl sites for hydroxylation is 1. The number of hydrogen-bond donors (Lipinski definition) is 1. The van der Waals surface area contributed by atoms with E-state index >= 15 is 0 Å². The molecular weight excluding hydrogens is 210 g/mol. The van der Waals surface area contributed by atoms with E-state index in [1.165, 1.54) is 5.56 Å². The van der Waals surface area contributed by atoms with Crippen LogP contribution in [0.25, 0.3) is 11.3 Å². The highest BCUT2D eigenvalue weighted by Crippen LogP contribution is 2.22. The summed E-state index contributed by atoms with van der Waals surface area (Å²) < 4.78 is 5.79. The largest absolute Gasteiger partial charge is 0.460 e. The van der Waals surface area contributed by atoms with Crippen LogP contribution in [0.5, 0.6) is 0 Å². The summed E-state index contributed by atoms with van der Waals surface area (Å²) in [4.78, 5) is 0. The minimum atomic E-state index is 0.805. The van der Waals surface area contributed by atoms with Crippen molar-refractivity contribution in [1.29, 1.82) is 0 Å². The van der Waals surface area contributed by atoms with Gasteiger partial charge in [0.1, 0.15) is 11.5 Å². The standard InChI is InChI=1S/C15H19NO/c1-3-10-16-11-14-8-9-15(17-14)13-6-4-12(2)5-7-13/h4-9,16H,3,10-11H2,1-2H3. The second-order valence-electron chi connectivity index (χ2n) is 4.31. The van der Waals surface area contributed by atoms with Crippen LogP contribution in [0.4, 0.5) is 0 Å². The van der Waals surface area contributed by atoms with E-state index in [4.69, 9.17) is 4.42 Å². The molecule has 0 saturated heterocycles. The molecule has 0 radical (unpaired) electrons. The first-order chi connectivity index (χ1) is 8.29. The van der Waals surface area contributed by atoms with Gasteiger partial charge in [0.25, 0.3) is 0 Å².